The number of hydrogen-bond donors (Lipinski definition) is 1. The lowest BCUT2D eigenvalue weighted by atomic mass is 10.3. The summed E-state index contributed by atoms with van der Waals surface area (Å²) in [6, 6.07) is 9.56. The van der Waals surface area contributed by atoms with Gasteiger partial charge in [0.05, 0.1) is 5.02 Å². The highest BCUT2D eigenvalue weighted by Crippen LogP contribution is 2.20. The highest BCUT2D eigenvalue weighted by Gasteiger charge is 2.07. The van der Waals surface area contributed by atoms with Gasteiger partial charge in [-0.05, 0) is 24.3 Å². The Morgan fingerprint density at radius 2 is 2.17 bits per heavy atom. The van der Waals surface area contributed by atoms with Gasteiger partial charge in [-0.25, -0.2) is 4.39 Å². The van der Waals surface area contributed by atoms with Gasteiger partial charge in [-0.15, -0.1) is 10.2 Å². The minimum Gasteiger partial charge on any atom is -0.484 e. The van der Waals surface area contributed by atoms with Crippen molar-refractivity contribution < 1.29 is 13.9 Å². The van der Waals surface area contributed by atoms with Crippen LogP contribution in [-0.2, 0) is 11.2 Å². The molecule has 24 heavy (non-hydrogen) atoms. The summed E-state index contributed by atoms with van der Waals surface area (Å²) in [5, 5.41) is 10.8. The fraction of sp³-hybridized carbons (Fsp3) is 0.188. The number of hydrogen-bond acceptors (Lipinski definition) is 4. The zero-order chi connectivity index (χ0) is 16.9. The molecule has 0 atom stereocenters. The van der Waals surface area contributed by atoms with Crippen LogP contribution in [0.5, 0.6) is 5.75 Å². The number of aromatic nitrogens is 3. The van der Waals surface area contributed by atoms with Crippen LogP contribution in [0.4, 0.5) is 4.39 Å². The molecule has 6 nitrogen and oxygen atoms in total. The quantitative estimate of drug-likeness (QED) is 0.742. The summed E-state index contributed by atoms with van der Waals surface area (Å²) in [6.45, 7) is 0.227. The Kier molecular flexibility index (Phi) is 4.90. The Labute approximate surface area is 142 Å². The number of nitrogens with zero attached hydrogens (tertiary/aromatic N) is 3. The summed E-state index contributed by atoms with van der Waals surface area (Å²) in [5.41, 5.74) is 0.760. The first-order chi connectivity index (χ1) is 11.6. The van der Waals surface area contributed by atoms with Crippen LogP contribution in [0.2, 0.25) is 5.02 Å². The molecule has 0 bridgehead atoms. The molecule has 2 aromatic heterocycles. The summed E-state index contributed by atoms with van der Waals surface area (Å²) >= 11 is 5.65. The Bertz CT molecular complexity index is 868. The molecule has 0 saturated carbocycles. The summed E-state index contributed by atoms with van der Waals surface area (Å²) in [4.78, 5) is 11.8. The Hall–Kier alpha value is -2.67. The highest BCUT2D eigenvalue weighted by atomic mass is 35.5. The van der Waals surface area contributed by atoms with E-state index in [2.05, 4.69) is 15.5 Å². The van der Waals surface area contributed by atoms with Crippen molar-refractivity contribution in [2.45, 2.75) is 6.42 Å². The van der Waals surface area contributed by atoms with E-state index in [1.807, 2.05) is 28.8 Å². The SMILES string of the molecule is O=C(COc1ccc(F)c(Cl)c1)NCCc1nnc2ccccn12. The first-order valence-electron chi connectivity index (χ1n) is 7.26. The van der Waals surface area contributed by atoms with Gasteiger partial charge >= 0.3 is 0 Å². The van der Waals surface area contributed by atoms with Crippen LogP contribution in [0.15, 0.2) is 42.6 Å². The molecule has 2 heterocycles. The van der Waals surface area contributed by atoms with Crippen LogP contribution in [0.1, 0.15) is 5.82 Å². The molecule has 3 aromatic rings. The van der Waals surface area contributed by atoms with Gasteiger partial charge in [0.2, 0.25) is 0 Å². The lowest BCUT2D eigenvalue weighted by Crippen LogP contribution is -2.30. The number of halogens is 2. The van der Waals surface area contributed by atoms with Crippen LogP contribution in [0.3, 0.4) is 0 Å². The number of carbonyl (C=O) groups excluding carboxylic acids is 1. The molecule has 8 heteroatoms. The number of benzene rings is 1. The normalized spacial score (nSPS) is 10.8. The van der Waals surface area contributed by atoms with Crippen LogP contribution < -0.4 is 10.1 Å². The van der Waals surface area contributed by atoms with E-state index in [4.69, 9.17) is 16.3 Å². The predicted molar refractivity (Wildman–Crippen MR) is 86.6 cm³/mol. The summed E-state index contributed by atoms with van der Waals surface area (Å²) in [6.07, 6.45) is 2.41. The lowest BCUT2D eigenvalue weighted by molar-refractivity contribution is -0.123. The van der Waals surface area contributed by atoms with Crippen molar-refractivity contribution in [3.8, 4) is 5.75 Å². The van der Waals surface area contributed by atoms with Crippen molar-refractivity contribution in [1.29, 1.82) is 0 Å². The number of nitrogens with one attached hydrogen (secondary N) is 1. The summed E-state index contributed by atoms with van der Waals surface area (Å²) in [5.74, 6) is 0.274. The maximum Gasteiger partial charge on any atom is 0.257 e. The Morgan fingerprint density at radius 1 is 1.29 bits per heavy atom. The van der Waals surface area contributed by atoms with Crippen molar-refractivity contribution >= 4 is 23.2 Å². The molecule has 0 saturated heterocycles. The third-order valence-electron chi connectivity index (χ3n) is 3.32. The minimum atomic E-state index is -0.533. The second-order valence-electron chi connectivity index (χ2n) is 5.01. The number of amides is 1. The predicted octanol–water partition coefficient (Wildman–Crippen LogP) is 2.26. The molecular formula is C16H14ClFN4O2. The van der Waals surface area contributed by atoms with Gasteiger partial charge in [-0.3, -0.25) is 9.20 Å². The third-order valence-corrected chi connectivity index (χ3v) is 3.61. The first-order valence-corrected chi connectivity index (χ1v) is 7.64. The fourth-order valence-electron chi connectivity index (χ4n) is 2.14. The van der Waals surface area contributed by atoms with E-state index in [0.29, 0.717) is 18.7 Å². The van der Waals surface area contributed by atoms with Gasteiger partial charge < -0.3 is 10.1 Å². The maximum atomic E-state index is 13.0. The van der Waals surface area contributed by atoms with Gasteiger partial charge in [0, 0.05) is 25.2 Å². The fourth-order valence-corrected chi connectivity index (χ4v) is 2.31. The Balaban J connectivity index is 1.46. The van der Waals surface area contributed by atoms with Crippen LogP contribution in [0, 0.1) is 5.82 Å². The number of pyridine rings is 1. The summed E-state index contributed by atoms with van der Waals surface area (Å²) in [7, 11) is 0. The topological polar surface area (TPSA) is 68.5 Å². The minimum absolute atomic E-state index is 0.0495. The van der Waals surface area contributed by atoms with Crippen molar-refractivity contribution in [2.24, 2.45) is 0 Å². The summed E-state index contributed by atoms with van der Waals surface area (Å²) < 4.78 is 20.2. The van der Waals surface area contributed by atoms with Crippen molar-refractivity contribution in [3.05, 3.63) is 59.3 Å². The second kappa shape index (κ2) is 7.27. The molecule has 1 amide bonds. The Morgan fingerprint density at radius 3 is 3.00 bits per heavy atom. The lowest BCUT2D eigenvalue weighted by Gasteiger charge is -2.07. The molecule has 0 fully saturated rings. The third kappa shape index (κ3) is 3.80. The number of rotatable bonds is 6. The smallest absolute Gasteiger partial charge is 0.257 e. The average molecular weight is 349 g/mol. The zero-order valence-corrected chi connectivity index (χ0v) is 13.3. The highest BCUT2D eigenvalue weighted by molar-refractivity contribution is 6.30. The van der Waals surface area contributed by atoms with E-state index in [1.165, 1.54) is 18.2 Å². The van der Waals surface area contributed by atoms with Gasteiger partial charge in [-0.1, -0.05) is 17.7 Å². The zero-order valence-electron chi connectivity index (χ0n) is 12.6. The van der Waals surface area contributed by atoms with Crippen LogP contribution in [0.25, 0.3) is 5.65 Å². The maximum absolute atomic E-state index is 13.0. The van der Waals surface area contributed by atoms with E-state index < -0.39 is 5.82 Å². The molecule has 0 aliphatic rings. The largest absolute Gasteiger partial charge is 0.484 e. The van der Waals surface area contributed by atoms with Gasteiger partial charge in [-0.2, -0.15) is 0 Å². The average Bonchev–Trinajstić information content (AvgIpc) is 2.99. The van der Waals surface area contributed by atoms with Crippen molar-refractivity contribution in [1.82, 2.24) is 19.9 Å². The van der Waals surface area contributed by atoms with Gasteiger partial charge in [0.1, 0.15) is 17.4 Å². The molecule has 1 aromatic carbocycles. The van der Waals surface area contributed by atoms with E-state index in [0.717, 1.165) is 11.5 Å². The molecule has 0 aliphatic carbocycles. The van der Waals surface area contributed by atoms with E-state index in [-0.39, 0.29) is 17.5 Å². The standard InChI is InChI=1S/C16H14ClFN4O2/c17-12-9-11(4-5-13(12)18)24-10-16(23)19-7-6-15-21-20-14-3-1-2-8-22(14)15/h1-5,8-9H,6-7,10H2,(H,19,23). The molecule has 3 rings (SSSR count). The van der Waals surface area contributed by atoms with E-state index >= 15 is 0 Å². The van der Waals surface area contributed by atoms with Crippen LogP contribution >= 0.6 is 11.6 Å². The molecule has 0 radical (unpaired) electrons. The first kappa shape index (κ1) is 16.2. The number of ether oxygens (including phenoxy) is 1. The van der Waals surface area contributed by atoms with Crippen molar-refractivity contribution in [3.63, 3.8) is 0 Å². The second-order valence-corrected chi connectivity index (χ2v) is 5.42. The van der Waals surface area contributed by atoms with Gasteiger partial charge in [0.25, 0.3) is 5.91 Å². The van der Waals surface area contributed by atoms with Crippen LogP contribution in [-0.4, -0.2) is 33.7 Å². The number of fused-ring (bicyclic) bond motifs is 1. The molecule has 0 spiro atoms. The molecule has 1 N–H and O–H groups in total. The monoisotopic (exact) mass is 348 g/mol. The van der Waals surface area contributed by atoms with E-state index in [1.54, 1.807) is 0 Å². The van der Waals surface area contributed by atoms with E-state index in [9.17, 15) is 9.18 Å². The molecule has 0 unspecified atom stereocenters. The van der Waals surface area contributed by atoms with Crippen molar-refractivity contribution in [2.75, 3.05) is 13.2 Å². The molecule has 0 aliphatic heterocycles. The van der Waals surface area contributed by atoms with Gasteiger partial charge in [0.15, 0.2) is 12.3 Å². The molecule has 124 valence electrons. The molecular weight excluding hydrogens is 335 g/mol. The number of carbonyl (C=O) groups is 1.